The van der Waals surface area contributed by atoms with Gasteiger partial charge in [0.2, 0.25) is 5.91 Å². The van der Waals surface area contributed by atoms with E-state index in [9.17, 15) is 13.2 Å². The molecule has 0 saturated carbocycles. The average Bonchev–Trinajstić information content (AvgIpc) is 2.26. The highest BCUT2D eigenvalue weighted by Crippen LogP contribution is 2.27. The summed E-state index contributed by atoms with van der Waals surface area (Å²) in [6.07, 6.45) is 0. The van der Waals surface area contributed by atoms with Gasteiger partial charge in [0.1, 0.15) is 5.25 Å². The molecule has 0 aliphatic heterocycles. The molecule has 0 bridgehead atoms. The molecule has 0 radical (unpaired) electrons. The van der Waals surface area contributed by atoms with Gasteiger partial charge in [-0.05, 0) is 54.9 Å². The highest BCUT2D eigenvalue weighted by Gasteiger charge is 2.31. The predicted octanol–water partition coefficient (Wildman–Crippen LogP) is 1.72. The summed E-state index contributed by atoms with van der Waals surface area (Å²) in [5, 5.41) is 1.43. The van der Waals surface area contributed by atoms with Crippen molar-refractivity contribution in [1.29, 1.82) is 0 Å². The van der Waals surface area contributed by atoms with Crippen LogP contribution in [0.2, 0.25) is 0 Å². The van der Waals surface area contributed by atoms with E-state index in [2.05, 4.69) is 21.2 Å². The zero-order valence-electron chi connectivity index (χ0n) is 11.0. The number of amides is 1. The lowest BCUT2D eigenvalue weighted by Gasteiger charge is -2.16. The standard InChI is InChI=1S/C12H17BrN2O3S/c1-7(2)15-12(16)8(3)19(17,18)11-5-4-9(14)6-10(11)13/h4-8H,14H2,1-3H3,(H,15,16). The van der Waals surface area contributed by atoms with Gasteiger partial charge in [-0.3, -0.25) is 4.79 Å². The Kier molecular flexibility index (Phi) is 4.98. The monoisotopic (exact) mass is 348 g/mol. The summed E-state index contributed by atoms with van der Waals surface area (Å²) in [7, 11) is -3.75. The first kappa shape index (κ1) is 16.0. The van der Waals surface area contributed by atoms with Crippen molar-refractivity contribution in [3.05, 3.63) is 22.7 Å². The van der Waals surface area contributed by atoms with Gasteiger partial charge in [-0.15, -0.1) is 0 Å². The van der Waals surface area contributed by atoms with Crippen LogP contribution in [0.1, 0.15) is 20.8 Å². The Hall–Kier alpha value is -1.08. The van der Waals surface area contributed by atoms with Crippen LogP contribution in [0.4, 0.5) is 5.69 Å². The lowest BCUT2D eigenvalue weighted by molar-refractivity contribution is -0.120. The smallest absolute Gasteiger partial charge is 0.238 e. The number of halogens is 1. The minimum Gasteiger partial charge on any atom is -0.399 e. The molecule has 1 amide bonds. The number of carbonyl (C=O) groups excluding carboxylic acids is 1. The summed E-state index contributed by atoms with van der Waals surface area (Å²) >= 11 is 3.16. The number of carbonyl (C=O) groups is 1. The highest BCUT2D eigenvalue weighted by molar-refractivity contribution is 9.10. The van der Waals surface area contributed by atoms with E-state index in [0.29, 0.717) is 10.2 Å². The maximum Gasteiger partial charge on any atom is 0.238 e. The number of benzene rings is 1. The molecule has 0 spiro atoms. The highest BCUT2D eigenvalue weighted by atomic mass is 79.9. The molecule has 0 heterocycles. The second-order valence-corrected chi connectivity index (χ2v) is 7.63. The predicted molar refractivity (Wildman–Crippen MR) is 78.5 cm³/mol. The summed E-state index contributed by atoms with van der Waals surface area (Å²) in [6.45, 7) is 4.92. The molecule has 0 fully saturated rings. The second-order valence-electron chi connectivity index (χ2n) is 4.54. The first-order valence-corrected chi connectivity index (χ1v) is 8.09. The van der Waals surface area contributed by atoms with E-state index in [1.54, 1.807) is 13.8 Å². The van der Waals surface area contributed by atoms with Gasteiger partial charge in [0.05, 0.1) is 4.90 Å². The summed E-state index contributed by atoms with van der Waals surface area (Å²) in [6, 6.07) is 4.28. The molecule has 0 saturated heterocycles. The topological polar surface area (TPSA) is 89.3 Å². The molecule has 1 atom stereocenters. The Bertz CT molecular complexity index is 585. The number of hydrogen-bond donors (Lipinski definition) is 2. The first-order valence-electron chi connectivity index (χ1n) is 5.75. The van der Waals surface area contributed by atoms with Crippen LogP contribution in [-0.2, 0) is 14.6 Å². The number of nitrogen functional groups attached to an aromatic ring is 1. The summed E-state index contributed by atoms with van der Waals surface area (Å²) in [5.74, 6) is -0.515. The molecule has 106 valence electrons. The number of rotatable bonds is 4. The van der Waals surface area contributed by atoms with Crippen LogP contribution in [0, 0.1) is 0 Å². The van der Waals surface area contributed by atoms with Crippen LogP contribution in [0.25, 0.3) is 0 Å². The molecule has 19 heavy (non-hydrogen) atoms. The van der Waals surface area contributed by atoms with Gasteiger partial charge >= 0.3 is 0 Å². The van der Waals surface area contributed by atoms with Crippen molar-refractivity contribution in [2.24, 2.45) is 0 Å². The van der Waals surface area contributed by atoms with Crippen molar-refractivity contribution in [3.63, 3.8) is 0 Å². The normalized spacial score (nSPS) is 13.3. The van der Waals surface area contributed by atoms with E-state index in [1.807, 2.05) is 0 Å². The van der Waals surface area contributed by atoms with Gasteiger partial charge in [0.25, 0.3) is 0 Å². The Balaban J connectivity index is 3.13. The molecule has 1 unspecified atom stereocenters. The Morgan fingerprint density at radius 1 is 1.32 bits per heavy atom. The Labute approximate surface area is 121 Å². The van der Waals surface area contributed by atoms with Gasteiger partial charge in [0, 0.05) is 16.2 Å². The SMILES string of the molecule is CC(C)NC(=O)C(C)S(=O)(=O)c1ccc(N)cc1Br. The molecule has 1 rings (SSSR count). The van der Waals surface area contributed by atoms with Crippen molar-refractivity contribution in [2.45, 2.75) is 37.0 Å². The molecule has 0 aromatic heterocycles. The van der Waals surface area contributed by atoms with E-state index < -0.39 is 21.0 Å². The first-order chi connectivity index (χ1) is 8.66. The van der Waals surface area contributed by atoms with E-state index in [1.165, 1.54) is 25.1 Å². The molecule has 0 aliphatic carbocycles. The fraction of sp³-hybridized carbons (Fsp3) is 0.417. The Morgan fingerprint density at radius 2 is 1.89 bits per heavy atom. The van der Waals surface area contributed by atoms with Gasteiger partial charge in [-0.25, -0.2) is 8.42 Å². The van der Waals surface area contributed by atoms with Crippen molar-refractivity contribution in [1.82, 2.24) is 5.32 Å². The van der Waals surface area contributed by atoms with Gasteiger partial charge < -0.3 is 11.1 Å². The summed E-state index contributed by atoms with van der Waals surface area (Å²) < 4.78 is 25.1. The largest absolute Gasteiger partial charge is 0.399 e. The zero-order chi connectivity index (χ0) is 14.8. The average molecular weight is 349 g/mol. The minimum absolute atomic E-state index is 0.0631. The third-order valence-electron chi connectivity index (χ3n) is 2.53. The van der Waals surface area contributed by atoms with E-state index >= 15 is 0 Å². The van der Waals surface area contributed by atoms with Gasteiger partial charge in [-0.1, -0.05) is 0 Å². The van der Waals surface area contributed by atoms with Gasteiger partial charge in [-0.2, -0.15) is 0 Å². The second kappa shape index (κ2) is 5.92. The minimum atomic E-state index is -3.75. The lowest BCUT2D eigenvalue weighted by Crippen LogP contribution is -2.41. The zero-order valence-corrected chi connectivity index (χ0v) is 13.4. The number of nitrogens with one attached hydrogen (secondary N) is 1. The maximum atomic E-state index is 12.4. The quantitative estimate of drug-likeness (QED) is 0.810. The van der Waals surface area contributed by atoms with Crippen LogP contribution in [-0.4, -0.2) is 25.6 Å². The molecule has 7 heteroatoms. The molecule has 0 aliphatic rings. The molecule has 3 N–H and O–H groups in total. The fourth-order valence-electron chi connectivity index (χ4n) is 1.48. The van der Waals surface area contributed by atoms with Crippen LogP contribution in [0.15, 0.2) is 27.6 Å². The number of anilines is 1. The van der Waals surface area contributed by atoms with Crippen LogP contribution in [0.3, 0.4) is 0 Å². The van der Waals surface area contributed by atoms with Crippen molar-refractivity contribution in [2.75, 3.05) is 5.73 Å². The number of hydrogen-bond acceptors (Lipinski definition) is 4. The fourth-order valence-corrected chi connectivity index (χ4v) is 3.87. The van der Waals surface area contributed by atoms with Crippen molar-refractivity contribution < 1.29 is 13.2 Å². The molecular formula is C12H17BrN2O3S. The van der Waals surface area contributed by atoms with E-state index in [0.717, 1.165) is 0 Å². The maximum absolute atomic E-state index is 12.4. The summed E-state index contributed by atoms with van der Waals surface area (Å²) in [4.78, 5) is 11.9. The third kappa shape index (κ3) is 3.70. The lowest BCUT2D eigenvalue weighted by atomic mass is 10.3. The van der Waals surface area contributed by atoms with Crippen molar-refractivity contribution in [3.8, 4) is 0 Å². The molecular weight excluding hydrogens is 332 g/mol. The van der Waals surface area contributed by atoms with E-state index in [-0.39, 0.29) is 10.9 Å². The van der Waals surface area contributed by atoms with Gasteiger partial charge in [0.15, 0.2) is 9.84 Å². The molecule has 1 aromatic carbocycles. The molecule has 1 aromatic rings. The summed E-state index contributed by atoms with van der Waals surface area (Å²) in [5.41, 5.74) is 6.02. The number of sulfone groups is 1. The number of nitrogens with two attached hydrogens (primary N) is 1. The third-order valence-corrected chi connectivity index (χ3v) is 5.56. The van der Waals surface area contributed by atoms with Crippen LogP contribution < -0.4 is 11.1 Å². The molecule has 5 nitrogen and oxygen atoms in total. The Morgan fingerprint density at radius 3 is 2.37 bits per heavy atom. The van der Waals surface area contributed by atoms with Crippen LogP contribution in [0.5, 0.6) is 0 Å². The van der Waals surface area contributed by atoms with Crippen molar-refractivity contribution >= 4 is 37.4 Å². The van der Waals surface area contributed by atoms with E-state index in [4.69, 9.17) is 5.73 Å². The van der Waals surface area contributed by atoms with Crippen LogP contribution >= 0.6 is 15.9 Å².